The normalized spacial score (nSPS) is 11.2. The van der Waals surface area contributed by atoms with Crippen molar-refractivity contribution in [3.8, 4) is 0 Å². The summed E-state index contributed by atoms with van der Waals surface area (Å²) < 4.78 is 0. The summed E-state index contributed by atoms with van der Waals surface area (Å²) in [5, 5.41) is 0. The Balaban J connectivity index is 2.80. The maximum Gasteiger partial charge on any atom is 0.0713 e. The lowest BCUT2D eigenvalue weighted by Gasteiger charge is -2.06. The van der Waals surface area contributed by atoms with Gasteiger partial charge < -0.3 is 4.84 Å². The predicted octanol–water partition coefficient (Wildman–Crippen LogP) is 2.91. The van der Waals surface area contributed by atoms with Gasteiger partial charge in [-0.3, -0.25) is 0 Å². The highest BCUT2D eigenvalue weighted by Gasteiger charge is 1.99. The van der Waals surface area contributed by atoms with Crippen LogP contribution in [0.2, 0.25) is 0 Å². The molecule has 2 heteroatoms. The third-order valence-electron chi connectivity index (χ3n) is 2.42. The van der Waals surface area contributed by atoms with E-state index in [2.05, 4.69) is 49.9 Å². The number of rotatable bonds is 4. The van der Waals surface area contributed by atoms with Gasteiger partial charge in [-0.2, -0.15) is 0 Å². The first-order chi connectivity index (χ1) is 7.15. The van der Waals surface area contributed by atoms with E-state index in [4.69, 9.17) is 5.90 Å². The molecular weight excluding hydrogens is 186 g/mol. The monoisotopic (exact) mass is 205 g/mol. The first-order valence-electron chi connectivity index (χ1n) is 5.21. The summed E-state index contributed by atoms with van der Waals surface area (Å²) in [4.78, 5) is 4.51. The van der Waals surface area contributed by atoms with Crippen LogP contribution in [0.3, 0.4) is 0 Å². The molecule has 0 radical (unpaired) electrons. The molecule has 0 spiro atoms. The van der Waals surface area contributed by atoms with E-state index in [0.717, 1.165) is 6.42 Å². The van der Waals surface area contributed by atoms with E-state index in [9.17, 15) is 0 Å². The van der Waals surface area contributed by atoms with E-state index in [-0.39, 0.29) is 0 Å². The van der Waals surface area contributed by atoms with Crippen LogP contribution in [0, 0.1) is 20.8 Å². The Hall–Kier alpha value is -1.12. The molecule has 0 aliphatic heterocycles. The van der Waals surface area contributed by atoms with Gasteiger partial charge in [0.05, 0.1) is 6.61 Å². The molecule has 0 aliphatic carbocycles. The predicted molar refractivity (Wildman–Crippen MR) is 64.4 cm³/mol. The van der Waals surface area contributed by atoms with Gasteiger partial charge in [0, 0.05) is 0 Å². The summed E-state index contributed by atoms with van der Waals surface area (Å²) in [6, 6.07) is 4.40. The molecule has 0 atom stereocenters. The van der Waals surface area contributed by atoms with Gasteiger partial charge in [0.1, 0.15) is 0 Å². The second-order valence-corrected chi connectivity index (χ2v) is 3.87. The summed E-state index contributed by atoms with van der Waals surface area (Å²) in [6.45, 7) is 6.97. The van der Waals surface area contributed by atoms with Crippen molar-refractivity contribution in [1.29, 1.82) is 0 Å². The molecule has 0 saturated heterocycles. The van der Waals surface area contributed by atoms with E-state index in [1.54, 1.807) is 0 Å². The van der Waals surface area contributed by atoms with Gasteiger partial charge in [-0.15, -0.1) is 0 Å². The zero-order chi connectivity index (χ0) is 11.3. The highest BCUT2D eigenvalue weighted by molar-refractivity contribution is 5.58. The van der Waals surface area contributed by atoms with Crippen LogP contribution in [0.15, 0.2) is 18.2 Å². The zero-order valence-electron chi connectivity index (χ0n) is 9.71. The van der Waals surface area contributed by atoms with Crippen LogP contribution in [0.4, 0.5) is 0 Å². The van der Waals surface area contributed by atoms with Gasteiger partial charge in [0.2, 0.25) is 0 Å². The molecule has 0 bridgehead atoms. The van der Waals surface area contributed by atoms with Crippen LogP contribution in [-0.4, -0.2) is 6.61 Å². The second kappa shape index (κ2) is 5.69. The minimum Gasteiger partial charge on any atom is -0.304 e. The van der Waals surface area contributed by atoms with E-state index in [1.807, 2.05) is 0 Å². The average molecular weight is 205 g/mol. The standard InChI is InChI=1S/C13H19NO/c1-10-8-11(2)13(12(3)9-10)6-4-5-7-15-14/h4,6,8-9H,5,7,14H2,1-3H3/b6-4+. The second-order valence-electron chi connectivity index (χ2n) is 3.87. The first kappa shape index (κ1) is 12.0. The molecule has 0 unspecified atom stereocenters. The van der Waals surface area contributed by atoms with Gasteiger partial charge in [-0.25, -0.2) is 5.90 Å². The molecule has 0 amide bonds. The number of nitrogens with two attached hydrogens (primary N) is 1. The maximum atomic E-state index is 4.95. The molecule has 0 saturated carbocycles. The molecular formula is C13H19NO. The van der Waals surface area contributed by atoms with Crippen molar-refractivity contribution in [1.82, 2.24) is 0 Å². The summed E-state index contributed by atoms with van der Waals surface area (Å²) in [7, 11) is 0. The van der Waals surface area contributed by atoms with E-state index in [1.165, 1.54) is 22.3 Å². The quantitative estimate of drug-likeness (QED) is 0.606. The minimum absolute atomic E-state index is 0.570. The number of aryl methyl sites for hydroxylation is 3. The van der Waals surface area contributed by atoms with E-state index < -0.39 is 0 Å². The molecule has 0 aliphatic rings. The van der Waals surface area contributed by atoms with Crippen LogP contribution in [0.5, 0.6) is 0 Å². The van der Waals surface area contributed by atoms with Crippen LogP contribution in [-0.2, 0) is 4.84 Å². The number of hydrogen-bond acceptors (Lipinski definition) is 2. The molecule has 2 nitrogen and oxygen atoms in total. The number of hydrogen-bond donors (Lipinski definition) is 1. The van der Waals surface area contributed by atoms with Crippen molar-refractivity contribution in [2.75, 3.05) is 6.61 Å². The topological polar surface area (TPSA) is 35.2 Å². The van der Waals surface area contributed by atoms with Crippen LogP contribution in [0.25, 0.3) is 6.08 Å². The van der Waals surface area contributed by atoms with Gasteiger partial charge in [-0.05, 0) is 43.9 Å². The number of benzene rings is 1. The van der Waals surface area contributed by atoms with E-state index in [0.29, 0.717) is 6.61 Å². The first-order valence-corrected chi connectivity index (χ1v) is 5.21. The molecule has 0 heterocycles. The molecule has 1 aromatic carbocycles. The smallest absolute Gasteiger partial charge is 0.0713 e. The van der Waals surface area contributed by atoms with Crippen molar-refractivity contribution < 1.29 is 4.84 Å². The maximum absolute atomic E-state index is 4.95. The van der Waals surface area contributed by atoms with Gasteiger partial charge in [0.15, 0.2) is 0 Å². The van der Waals surface area contributed by atoms with Crippen molar-refractivity contribution in [3.05, 3.63) is 40.5 Å². The summed E-state index contributed by atoms with van der Waals surface area (Å²) in [5.74, 6) is 4.95. The average Bonchev–Trinajstić information content (AvgIpc) is 2.15. The Labute approximate surface area is 91.7 Å². The van der Waals surface area contributed by atoms with Crippen molar-refractivity contribution in [2.45, 2.75) is 27.2 Å². The third kappa shape index (κ3) is 3.50. The lowest BCUT2D eigenvalue weighted by molar-refractivity contribution is 0.143. The van der Waals surface area contributed by atoms with Crippen molar-refractivity contribution in [3.63, 3.8) is 0 Å². The Morgan fingerprint density at radius 3 is 2.33 bits per heavy atom. The Morgan fingerprint density at radius 2 is 1.80 bits per heavy atom. The molecule has 82 valence electrons. The highest BCUT2D eigenvalue weighted by atomic mass is 16.6. The van der Waals surface area contributed by atoms with Crippen LogP contribution >= 0.6 is 0 Å². The fourth-order valence-electron chi connectivity index (χ4n) is 1.79. The highest BCUT2D eigenvalue weighted by Crippen LogP contribution is 2.17. The minimum atomic E-state index is 0.570. The van der Waals surface area contributed by atoms with Gasteiger partial charge >= 0.3 is 0 Å². The largest absolute Gasteiger partial charge is 0.304 e. The fourth-order valence-corrected chi connectivity index (χ4v) is 1.79. The van der Waals surface area contributed by atoms with E-state index >= 15 is 0 Å². The van der Waals surface area contributed by atoms with Crippen LogP contribution in [0.1, 0.15) is 28.7 Å². The SMILES string of the molecule is Cc1cc(C)c(/C=C/CCON)c(C)c1. The van der Waals surface area contributed by atoms with Crippen LogP contribution < -0.4 is 5.90 Å². The summed E-state index contributed by atoms with van der Waals surface area (Å²) >= 11 is 0. The Morgan fingerprint density at radius 1 is 1.20 bits per heavy atom. The zero-order valence-corrected chi connectivity index (χ0v) is 9.71. The molecule has 1 rings (SSSR count). The molecule has 0 aromatic heterocycles. The van der Waals surface area contributed by atoms with Crippen molar-refractivity contribution in [2.24, 2.45) is 5.90 Å². The van der Waals surface area contributed by atoms with Crippen molar-refractivity contribution >= 4 is 6.08 Å². The third-order valence-corrected chi connectivity index (χ3v) is 2.42. The molecule has 0 fully saturated rings. The summed E-state index contributed by atoms with van der Waals surface area (Å²) in [6.07, 6.45) is 5.09. The fraction of sp³-hybridized carbons (Fsp3) is 0.385. The molecule has 1 aromatic rings. The molecule has 15 heavy (non-hydrogen) atoms. The lowest BCUT2D eigenvalue weighted by Crippen LogP contribution is -1.98. The Bertz CT molecular complexity index is 333. The lowest BCUT2D eigenvalue weighted by atomic mass is 9.99. The summed E-state index contributed by atoms with van der Waals surface area (Å²) in [5.41, 5.74) is 5.25. The molecule has 2 N–H and O–H groups in total. The van der Waals surface area contributed by atoms with Gasteiger partial charge in [-0.1, -0.05) is 29.8 Å². The van der Waals surface area contributed by atoms with Gasteiger partial charge in [0.25, 0.3) is 0 Å². The Kier molecular flexibility index (Phi) is 4.53.